The lowest BCUT2D eigenvalue weighted by Crippen LogP contribution is -2.54. The van der Waals surface area contributed by atoms with Gasteiger partial charge in [0, 0.05) is 23.4 Å². The van der Waals surface area contributed by atoms with Gasteiger partial charge in [0.05, 0.1) is 25.3 Å². The maximum Gasteiger partial charge on any atom is 0.534 e. The molecule has 4 aliphatic rings. The lowest BCUT2D eigenvalue weighted by molar-refractivity contribution is -0.134. The zero-order valence-corrected chi connectivity index (χ0v) is 27.8. The van der Waals surface area contributed by atoms with Gasteiger partial charge >= 0.3 is 21.7 Å². The van der Waals surface area contributed by atoms with Crippen LogP contribution in [-0.2, 0) is 32.5 Å². The monoisotopic (exact) mass is 689 g/mol. The molecule has 2 aromatic carbocycles. The number of amides is 2. The molecule has 1 saturated heterocycles. The fourth-order valence-electron chi connectivity index (χ4n) is 7.80. The van der Waals surface area contributed by atoms with Crippen molar-refractivity contribution in [3.8, 4) is 16.9 Å². The van der Waals surface area contributed by atoms with Gasteiger partial charge in [0.25, 0.3) is 0 Å². The van der Waals surface area contributed by atoms with Gasteiger partial charge in [-0.15, -0.1) is 0 Å². The minimum absolute atomic E-state index is 0.00493. The first-order valence-corrected chi connectivity index (χ1v) is 17.6. The average molecular weight is 690 g/mol. The molecule has 1 N–H and O–H groups in total. The van der Waals surface area contributed by atoms with E-state index in [4.69, 9.17) is 9.73 Å². The number of hydrogen-bond donors (Lipinski definition) is 1. The number of alkyl halides is 3. The third-order valence-electron chi connectivity index (χ3n) is 10.2. The molecule has 2 aliphatic carbocycles. The van der Waals surface area contributed by atoms with Crippen LogP contribution >= 0.6 is 0 Å². The fourth-order valence-corrected chi connectivity index (χ4v) is 8.28. The molecule has 6 rings (SSSR count). The van der Waals surface area contributed by atoms with Gasteiger partial charge in [0.1, 0.15) is 11.8 Å². The van der Waals surface area contributed by atoms with Crippen molar-refractivity contribution in [2.75, 3.05) is 13.7 Å². The first kappa shape index (κ1) is 33.9. The Balaban J connectivity index is 1.32. The quantitative estimate of drug-likeness (QED) is 0.268. The van der Waals surface area contributed by atoms with Gasteiger partial charge in [-0.1, -0.05) is 38.8 Å². The van der Waals surface area contributed by atoms with E-state index in [9.17, 15) is 36.0 Å². The van der Waals surface area contributed by atoms with Crippen LogP contribution in [0.1, 0.15) is 80.3 Å². The van der Waals surface area contributed by atoms with Crippen LogP contribution < -0.4 is 9.50 Å². The Hall–Kier alpha value is -3.94. The largest absolute Gasteiger partial charge is 0.534 e. The normalized spacial score (nSPS) is 20.8. The molecule has 1 saturated carbocycles. The number of aliphatic imine (C=N–C) groups is 1. The van der Waals surface area contributed by atoms with Gasteiger partial charge in [0.2, 0.25) is 5.91 Å². The summed E-state index contributed by atoms with van der Waals surface area (Å²) in [5.41, 5.74) is -1.74. The molecule has 2 amide bonds. The number of rotatable bonds is 7. The zero-order chi connectivity index (χ0) is 34.6. The van der Waals surface area contributed by atoms with Gasteiger partial charge in [-0.05, 0) is 84.7 Å². The lowest BCUT2D eigenvalue weighted by Gasteiger charge is -2.32. The average Bonchev–Trinajstić information content (AvgIpc) is 3.79. The van der Waals surface area contributed by atoms with Crippen LogP contribution in [0.2, 0.25) is 0 Å². The molecule has 0 bridgehead atoms. The Labute approximate surface area is 277 Å². The van der Waals surface area contributed by atoms with Crippen molar-refractivity contribution in [2.24, 2.45) is 16.3 Å². The number of likely N-dealkylation sites (tertiary alicyclic amines) is 1. The highest BCUT2D eigenvalue weighted by Gasteiger charge is 2.50. The number of benzene rings is 2. The Kier molecular flexibility index (Phi) is 8.84. The molecule has 2 aromatic rings. The van der Waals surface area contributed by atoms with Crippen molar-refractivity contribution >= 4 is 39.3 Å². The number of ketones is 1. The minimum Gasteiger partial charge on any atom is -0.453 e. The van der Waals surface area contributed by atoms with E-state index in [1.54, 1.807) is 29.2 Å². The van der Waals surface area contributed by atoms with Crippen molar-refractivity contribution in [3.05, 3.63) is 47.0 Å². The molecule has 258 valence electrons. The minimum atomic E-state index is -5.85. The summed E-state index contributed by atoms with van der Waals surface area (Å²) in [5.74, 6) is -0.954. The Bertz CT molecular complexity index is 1800. The predicted molar refractivity (Wildman–Crippen MR) is 171 cm³/mol. The van der Waals surface area contributed by atoms with Crippen molar-refractivity contribution in [2.45, 2.75) is 89.2 Å². The highest BCUT2D eigenvalue weighted by Crippen LogP contribution is 2.53. The van der Waals surface area contributed by atoms with E-state index >= 15 is 0 Å². The number of hydrogen-bond acceptors (Lipinski definition) is 8. The summed E-state index contributed by atoms with van der Waals surface area (Å²) < 4.78 is 72.9. The highest BCUT2D eigenvalue weighted by atomic mass is 32.2. The molecular weight excluding hydrogens is 651 g/mol. The molecule has 14 heteroatoms. The van der Waals surface area contributed by atoms with E-state index in [1.807, 2.05) is 13.8 Å². The molecule has 2 atom stereocenters. The zero-order valence-electron chi connectivity index (χ0n) is 27.0. The van der Waals surface area contributed by atoms with Crippen LogP contribution in [0, 0.1) is 11.3 Å². The van der Waals surface area contributed by atoms with Crippen molar-refractivity contribution in [3.63, 3.8) is 0 Å². The number of fused-ring (bicyclic) bond motifs is 2. The molecule has 0 radical (unpaired) electrons. The van der Waals surface area contributed by atoms with Crippen molar-refractivity contribution in [1.82, 2.24) is 10.2 Å². The standard InChI is InChI=1S/C34H38F3N3O7S/c1-19(2)30(39-32(43)46-3)31(42)40-14-6-7-27(40)26-16-28(41)22-15-20(8-10-25(22)38-26)21-9-11-29(47-48(44,45)34(35,36)37)24-18-33(17-23(21)24)12-4-5-13-33/h8-11,15,19,27,30H,4-7,12-14,16-18H2,1-3H3,(H,39,43)/t27-,30-/m0/s1. The molecule has 2 heterocycles. The van der Waals surface area contributed by atoms with Crippen molar-refractivity contribution in [1.29, 1.82) is 0 Å². The number of ether oxygens (including phenoxy) is 1. The van der Waals surface area contributed by atoms with Crippen LogP contribution in [-0.4, -0.2) is 68.1 Å². The first-order valence-electron chi connectivity index (χ1n) is 16.2. The van der Waals surface area contributed by atoms with E-state index in [0.717, 1.165) is 37.7 Å². The lowest BCUT2D eigenvalue weighted by atomic mass is 9.83. The molecule has 0 unspecified atom stereocenters. The molecular formula is C34H38F3N3O7S. The van der Waals surface area contributed by atoms with Gasteiger partial charge in [-0.25, -0.2) is 4.79 Å². The number of Topliss-reactive ketones (excluding diaryl/α,β-unsaturated/α-hetero) is 1. The van der Waals surface area contributed by atoms with Crippen LogP contribution in [0.15, 0.2) is 35.3 Å². The Morgan fingerprint density at radius 1 is 1.04 bits per heavy atom. The summed E-state index contributed by atoms with van der Waals surface area (Å²) in [6, 6.07) is 6.88. The summed E-state index contributed by atoms with van der Waals surface area (Å²) in [5, 5.41) is 2.62. The van der Waals surface area contributed by atoms with Gasteiger partial charge in [-0.3, -0.25) is 14.6 Å². The van der Waals surface area contributed by atoms with E-state index in [-0.39, 0.29) is 35.2 Å². The van der Waals surface area contributed by atoms with Gasteiger partial charge < -0.3 is 19.1 Å². The van der Waals surface area contributed by atoms with E-state index in [2.05, 4.69) is 9.50 Å². The number of carbonyl (C=O) groups excluding carboxylic acids is 3. The molecule has 48 heavy (non-hydrogen) atoms. The maximum absolute atomic E-state index is 13.6. The number of methoxy groups -OCH3 is 1. The van der Waals surface area contributed by atoms with Crippen LogP contribution in [0.4, 0.5) is 23.7 Å². The Morgan fingerprint density at radius 2 is 1.75 bits per heavy atom. The molecule has 2 fully saturated rings. The number of carbonyl (C=O) groups is 3. The second-order valence-electron chi connectivity index (χ2n) is 13.6. The highest BCUT2D eigenvalue weighted by molar-refractivity contribution is 7.88. The van der Waals surface area contributed by atoms with Crippen LogP contribution in [0.5, 0.6) is 5.75 Å². The number of nitrogens with one attached hydrogen (secondary N) is 1. The SMILES string of the molecule is COC(=O)N[C@H](C(=O)N1CCC[C@H]1C1=Nc2ccc(-c3ccc(OS(=O)(=O)C(F)(F)F)c4c3CC3(CCCC3)C4)cc2C(=O)C1)C(C)C. The Morgan fingerprint density at radius 3 is 2.42 bits per heavy atom. The summed E-state index contributed by atoms with van der Waals surface area (Å²) >= 11 is 0. The van der Waals surface area contributed by atoms with E-state index in [0.29, 0.717) is 59.5 Å². The molecule has 2 aliphatic heterocycles. The number of halogens is 3. The van der Waals surface area contributed by atoms with E-state index < -0.39 is 33.8 Å². The van der Waals surface area contributed by atoms with Gasteiger partial charge in [-0.2, -0.15) is 21.6 Å². The third kappa shape index (κ3) is 6.19. The maximum atomic E-state index is 13.6. The second kappa shape index (κ2) is 12.5. The summed E-state index contributed by atoms with van der Waals surface area (Å²) in [7, 11) is -4.62. The fraction of sp³-hybridized carbons (Fsp3) is 0.529. The summed E-state index contributed by atoms with van der Waals surface area (Å²) in [6.45, 7) is 4.12. The summed E-state index contributed by atoms with van der Waals surface area (Å²) in [4.78, 5) is 45.6. The first-order chi connectivity index (χ1) is 22.6. The molecule has 0 aromatic heterocycles. The smallest absolute Gasteiger partial charge is 0.453 e. The van der Waals surface area contributed by atoms with Gasteiger partial charge in [0.15, 0.2) is 5.78 Å². The number of alkyl carbamates (subject to hydrolysis) is 1. The molecule has 10 nitrogen and oxygen atoms in total. The van der Waals surface area contributed by atoms with Crippen molar-refractivity contribution < 1.29 is 44.9 Å². The van der Waals surface area contributed by atoms with E-state index in [1.165, 1.54) is 13.2 Å². The second-order valence-corrected chi connectivity index (χ2v) is 15.1. The topological polar surface area (TPSA) is 131 Å². The van der Waals surface area contributed by atoms with Crippen LogP contribution in [0.3, 0.4) is 0 Å². The summed E-state index contributed by atoms with van der Waals surface area (Å²) in [6.07, 6.45) is 5.36. The third-order valence-corrected chi connectivity index (χ3v) is 11.1. The molecule has 1 spiro atoms. The number of nitrogens with zero attached hydrogens (tertiary/aromatic N) is 2. The van der Waals surface area contributed by atoms with Crippen LogP contribution in [0.25, 0.3) is 11.1 Å². The predicted octanol–water partition coefficient (Wildman–Crippen LogP) is 6.27.